The van der Waals surface area contributed by atoms with Crippen LogP contribution in [0.15, 0.2) is 12.1 Å². The summed E-state index contributed by atoms with van der Waals surface area (Å²) < 4.78 is 10.6. The number of piperazine rings is 1. The Kier molecular flexibility index (Phi) is 7.52. The van der Waals surface area contributed by atoms with Gasteiger partial charge in [-0.1, -0.05) is 17.8 Å². The molecule has 1 saturated heterocycles. The number of cyclic esters (lactones) is 1. The van der Waals surface area contributed by atoms with Gasteiger partial charge in [0.15, 0.2) is 5.12 Å². The van der Waals surface area contributed by atoms with Crippen LogP contribution in [0.5, 0.6) is 0 Å². The van der Waals surface area contributed by atoms with Gasteiger partial charge in [0, 0.05) is 50.5 Å². The van der Waals surface area contributed by atoms with Gasteiger partial charge in [-0.15, -0.1) is 0 Å². The van der Waals surface area contributed by atoms with Crippen LogP contribution in [0.3, 0.4) is 0 Å². The lowest BCUT2D eigenvalue weighted by atomic mass is 9.95. The van der Waals surface area contributed by atoms with Crippen molar-refractivity contribution in [2.24, 2.45) is 0 Å². The number of ether oxygens (including phenoxy) is 2. The molecule has 32 heavy (non-hydrogen) atoms. The monoisotopic (exact) mass is 464 g/mol. The molecule has 0 aromatic heterocycles. The number of nitrogens with zero attached hydrogens (tertiary/aromatic N) is 2. The Bertz CT molecular complexity index is 897. The molecular formula is C23H32N2O6S. The summed E-state index contributed by atoms with van der Waals surface area (Å²) in [5.41, 5.74) is 2.42. The van der Waals surface area contributed by atoms with Gasteiger partial charge in [0.25, 0.3) is 0 Å². The molecule has 1 amide bonds. The molecule has 1 aromatic rings. The Morgan fingerprint density at radius 2 is 2.03 bits per heavy atom. The minimum absolute atomic E-state index is 0.0130. The van der Waals surface area contributed by atoms with Crippen LogP contribution in [-0.2, 0) is 20.9 Å². The molecule has 1 aromatic carbocycles. The maximum atomic E-state index is 12.6. The summed E-state index contributed by atoms with van der Waals surface area (Å²) in [6.45, 7) is 11.0. The third-order valence-electron chi connectivity index (χ3n) is 5.71. The molecular weight excluding hydrogens is 432 g/mol. The van der Waals surface area contributed by atoms with Gasteiger partial charge in [0.1, 0.15) is 12.2 Å². The number of amides is 1. The van der Waals surface area contributed by atoms with Crippen molar-refractivity contribution in [3.63, 3.8) is 0 Å². The number of hydrogen-bond donors (Lipinski definition) is 1. The van der Waals surface area contributed by atoms with E-state index >= 15 is 0 Å². The third kappa shape index (κ3) is 5.82. The van der Waals surface area contributed by atoms with Crippen LogP contribution in [-0.4, -0.2) is 75.7 Å². The van der Waals surface area contributed by atoms with Gasteiger partial charge in [0.2, 0.25) is 0 Å². The van der Waals surface area contributed by atoms with Crippen LogP contribution in [0.4, 0.5) is 4.79 Å². The highest BCUT2D eigenvalue weighted by atomic mass is 32.2. The second-order valence-corrected chi connectivity index (χ2v) is 10.5. The van der Waals surface area contributed by atoms with Crippen molar-refractivity contribution in [2.45, 2.75) is 59.0 Å². The van der Waals surface area contributed by atoms with E-state index in [9.17, 15) is 19.5 Å². The second-order valence-electron chi connectivity index (χ2n) is 9.28. The summed E-state index contributed by atoms with van der Waals surface area (Å²) in [5, 5.41) is 11.0. The van der Waals surface area contributed by atoms with Crippen LogP contribution in [0.1, 0.15) is 60.8 Å². The molecule has 1 fully saturated rings. The standard InChI is InChI=1S/C23H32N2O6S/c1-14-17(6-7-18-19(14)12-30-21(18)28)20(27)11-24-8-9-25(22(29)31-23(3,4)5)10-16(24)13-32-15(2)26/h6-7,16,20,27H,8-13H2,1-5H3/t16?,20-/m0/s1. The minimum atomic E-state index is -0.770. The molecule has 0 saturated carbocycles. The lowest BCUT2D eigenvalue weighted by molar-refractivity contribution is -0.109. The predicted octanol–water partition coefficient (Wildman–Crippen LogP) is 2.90. The van der Waals surface area contributed by atoms with E-state index in [1.54, 1.807) is 17.0 Å². The number of benzene rings is 1. The number of aliphatic hydroxyl groups is 1. The van der Waals surface area contributed by atoms with Crippen molar-refractivity contribution in [3.05, 3.63) is 34.4 Å². The number of aliphatic hydroxyl groups excluding tert-OH is 1. The molecule has 0 aliphatic carbocycles. The Morgan fingerprint density at radius 3 is 2.69 bits per heavy atom. The van der Waals surface area contributed by atoms with Crippen LogP contribution in [0.25, 0.3) is 0 Å². The van der Waals surface area contributed by atoms with Gasteiger partial charge in [0.05, 0.1) is 11.7 Å². The van der Waals surface area contributed by atoms with Gasteiger partial charge in [-0.25, -0.2) is 9.59 Å². The van der Waals surface area contributed by atoms with Gasteiger partial charge in [-0.05, 0) is 44.9 Å². The molecule has 176 valence electrons. The van der Waals surface area contributed by atoms with E-state index in [0.29, 0.717) is 37.5 Å². The highest BCUT2D eigenvalue weighted by molar-refractivity contribution is 8.13. The van der Waals surface area contributed by atoms with Crippen molar-refractivity contribution >= 4 is 28.9 Å². The van der Waals surface area contributed by atoms with Crippen LogP contribution >= 0.6 is 11.8 Å². The largest absolute Gasteiger partial charge is 0.457 e. The number of β-amino-alcohol motifs (C(OH)–C–C–N with tert-alkyl or cyclic N) is 1. The van der Waals surface area contributed by atoms with Crippen molar-refractivity contribution in [1.82, 2.24) is 9.80 Å². The molecule has 0 radical (unpaired) electrons. The third-order valence-corrected chi connectivity index (χ3v) is 6.67. The SMILES string of the molecule is CC(=O)SCC1CN(C(=O)OC(C)(C)C)CCN1C[C@H](O)c1ccc2c(c1C)COC2=O. The molecule has 8 nitrogen and oxygen atoms in total. The van der Waals surface area contributed by atoms with Gasteiger partial charge in [-0.2, -0.15) is 0 Å². The first kappa shape index (κ1) is 24.5. The van der Waals surface area contributed by atoms with E-state index in [2.05, 4.69) is 4.90 Å². The van der Waals surface area contributed by atoms with Crippen molar-refractivity contribution in [1.29, 1.82) is 0 Å². The van der Waals surface area contributed by atoms with E-state index < -0.39 is 11.7 Å². The van der Waals surface area contributed by atoms with Crippen LogP contribution < -0.4 is 0 Å². The lowest BCUT2D eigenvalue weighted by Crippen LogP contribution is -2.57. The molecule has 0 spiro atoms. The number of rotatable bonds is 5. The topological polar surface area (TPSA) is 96.4 Å². The quantitative estimate of drug-likeness (QED) is 0.665. The summed E-state index contributed by atoms with van der Waals surface area (Å²) in [4.78, 5) is 39.7. The van der Waals surface area contributed by atoms with Gasteiger partial charge < -0.3 is 19.5 Å². The van der Waals surface area contributed by atoms with Crippen LogP contribution in [0.2, 0.25) is 0 Å². The first-order valence-electron chi connectivity index (χ1n) is 10.8. The number of hydrogen-bond acceptors (Lipinski definition) is 8. The first-order valence-corrected chi connectivity index (χ1v) is 11.8. The summed E-state index contributed by atoms with van der Waals surface area (Å²) in [5.74, 6) is 0.191. The van der Waals surface area contributed by atoms with E-state index in [0.717, 1.165) is 16.7 Å². The Morgan fingerprint density at radius 1 is 1.31 bits per heavy atom. The zero-order valence-electron chi connectivity index (χ0n) is 19.3. The van der Waals surface area contributed by atoms with Gasteiger partial charge in [-0.3, -0.25) is 9.69 Å². The number of thioether (sulfide) groups is 1. The average molecular weight is 465 g/mol. The highest BCUT2D eigenvalue weighted by Crippen LogP contribution is 2.30. The first-order chi connectivity index (χ1) is 15.0. The zero-order chi connectivity index (χ0) is 23.6. The molecule has 2 heterocycles. The Hall–Kier alpha value is -2.10. The summed E-state index contributed by atoms with van der Waals surface area (Å²) in [6, 6.07) is 3.39. The molecule has 3 rings (SSSR count). The summed E-state index contributed by atoms with van der Waals surface area (Å²) in [6.07, 6.45) is -1.14. The normalized spacial score (nSPS) is 20.0. The summed E-state index contributed by atoms with van der Waals surface area (Å²) >= 11 is 1.22. The fourth-order valence-electron chi connectivity index (χ4n) is 4.05. The van der Waals surface area contributed by atoms with E-state index in [1.165, 1.54) is 18.7 Å². The maximum Gasteiger partial charge on any atom is 0.410 e. The average Bonchev–Trinajstić information content (AvgIpc) is 3.07. The second kappa shape index (κ2) is 9.80. The van der Waals surface area contributed by atoms with Crippen molar-refractivity contribution in [2.75, 3.05) is 31.9 Å². The summed E-state index contributed by atoms with van der Waals surface area (Å²) in [7, 11) is 0. The molecule has 2 aliphatic heterocycles. The number of carbonyl (C=O) groups is 3. The molecule has 1 N–H and O–H groups in total. The molecule has 9 heteroatoms. The fourth-order valence-corrected chi connectivity index (χ4v) is 4.79. The fraction of sp³-hybridized carbons (Fsp3) is 0.609. The smallest absolute Gasteiger partial charge is 0.410 e. The minimum Gasteiger partial charge on any atom is -0.457 e. The molecule has 1 unspecified atom stereocenters. The number of fused-ring (bicyclic) bond motifs is 1. The highest BCUT2D eigenvalue weighted by Gasteiger charge is 2.34. The van der Waals surface area contributed by atoms with Crippen molar-refractivity contribution < 1.29 is 29.0 Å². The predicted molar refractivity (Wildman–Crippen MR) is 122 cm³/mol. The van der Waals surface area contributed by atoms with E-state index in [4.69, 9.17) is 9.47 Å². The number of carbonyl (C=O) groups excluding carboxylic acids is 3. The lowest BCUT2D eigenvalue weighted by Gasteiger charge is -2.42. The van der Waals surface area contributed by atoms with Crippen LogP contribution in [0, 0.1) is 6.92 Å². The van der Waals surface area contributed by atoms with E-state index in [1.807, 2.05) is 27.7 Å². The Labute approximate surface area is 193 Å². The molecule has 2 aliphatic rings. The van der Waals surface area contributed by atoms with Gasteiger partial charge >= 0.3 is 12.1 Å². The zero-order valence-corrected chi connectivity index (χ0v) is 20.2. The Balaban J connectivity index is 1.72. The van der Waals surface area contributed by atoms with Crippen molar-refractivity contribution in [3.8, 4) is 0 Å². The molecule has 2 atom stereocenters. The van der Waals surface area contributed by atoms with E-state index in [-0.39, 0.29) is 29.8 Å². The maximum absolute atomic E-state index is 12.6. The number of esters is 1. The molecule has 0 bridgehead atoms.